The van der Waals surface area contributed by atoms with Crippen LogP contribution >= 0.6 is 0 Å². The van der Waals surface area contributed by atoms with Crippen molar-refractivity contribution < 1.29 is 0 Å². The molecule has 0 saturated carbocycles. The standard InChI is InChI=1S/C15H15N3/c1-11-9-18-15-13(11)6-4-7-14(15)17-10-12-5-2-3-8-16-12/h2-9,13,17H,10H2,1H3. The van der Waals surface area contributed by atoms with Gasteiger partial charge in [-0.3, -0.25) is 9.98 Å². The zero-order chi connectivity index (χ0) is 12.4. The topological polar surface area (TPSA) is 37.3 Å². The van der Waals surface area contributed by atoms with Crippen molar-refractivity contribution >= 4 is 5.71 Å². The first-order valence-electron chi connectivity index (χ1n) is 6.11. The highest BCUT2D eigenvalue weighted by atomic mass is 14.9. The molecule has 0 fully saturated rings. The summed E-state index contributed by atoms with van der Waals surface area (Å²) in [6.07, 6.45) is 10.1. The second-order valence-electron chi connectivity index (χ2n) is 4.50. The third-order valence-corrected chi connectivity index (χ3v) is 3.22. The van der Waals surface area contributed by atoms with E-state index in [1.54, 1.807) is 0 Å². The van der Waals surface area contributed by atoms with Gasteiger partial charge in [0.2, 0.25) is 0 Å². The smallest absolute Gasteiger partial charge is 0.0744 e. The number of nitrogens with zero attached hydrogens (tertiary/aromatic N) is 2. The second kappa shape index (κ2) is 4.61. The van der Waals surface area contributed by atoms with Crippen LogP contribution in [-0.2, 0) is 6.54 Å². The molecule has 18 heavy (non-hydrogen) atoms. The number of hydrogen-bond acceptors (Lipinski definition) is 3. The Balaban J connectivity index is 1.71. The lowest BCUT2D eigenvalue weighted by Crippen LogP contribution is -2.26. The van der Waals surface area contributed by atoms with Crippen molar-refractivity contribution in [1.29, 1.82) is 0 Å². The molecule has 0 saturated heterocycles. The minimum Gasteiger partial charge on any atom is -0.378 e. The maximum atomic E-state index is 4.48. The number of nitrogens with one attached hydrogen (secondary N) is 1. The summed E-state index contributed by atoms with van der Waals surface area (Å²) in [7, 11) is 0. The molecule has 3 heteroatoms. The van der Waals surface area contributed by atoms with E-state index >= 15 is 0 Å². The van der Waals surface area contributed by atoms with Crippen molar-refractivity contribution in [2.24, 2.45) is 10.9 Å². The molecule has 1 aliphatic carbocycles. The Kier molecular flexibility index (Phi) is 2.81. The minimum atomic E-state index is 0.348. The van der Waals surface area contributed by atoms with Gasteiger partial charge in [0.1, 0.15) is 0 Å². The van der Waals surface area contributed by atoms with Gasteiger partial charge in [0.15, 0.2) is 0 Å². The van der Waals surface area contributed by atoms with Crippen molar-refractivity contribution in [3.05, 3.63) is 65.8 Å². The first-order valence-corrected chi connectivity index (χ1v) is 6.11. The van der Waals surface area contributed by atoms with Gasteiger partial charge in [0, 0.05) is 18.3 Å². The SMILES string of the molecule is CC1=CN=C2C(NCc3ccccn3)=CC=CC12. The molecule has 1 aliphatic heterocycles. The summed E-state index contributed by atoms with van der Waals surface area (Å²) in [5, 5.41) is 3.41. The molecule has 1 aromatic rings. The Labute approximate surface area is 107 Å². The average molecular weight is 237 g/mol. The quantitative estimate of drug-likeness (QED) is 0.877. The first kappa shape index (κ1) is 11.0. The predicted octanol–water partition coefficient (Wildman–Crippen LogP) is 2.60. The Morgan fingerprint density at radius 1 is 1.33 bits per heavy atom. The number of allylic oxidation sites excluding steroid dienone is 5. The Morgan fingerprint density at radius 2 is 2.28 bits per heavy atom. The van der Waals surface area contributed by atoms with Crippen LogP contribution in [0.25, 0.3) is 0 Å². The zero-order valence-corrected chi connectivity index (χ0v) is 10.3. The van der Waals surface area contributed by atoms with Crippen molar-refractivity contribution in [2.75, 3.05) is 0 Å². The summed E-state index contributed by atoms with van der Waals surface area (Å²) < 4.78 is 0. The van der Waals surface area contributed by atoms with Crippen LogP contribution in [0.4, 0.5) is 0 Å². The normalized spacial score (nSPS) is 20.9. The summed E-state index contributed by atoms with van der Waals surface area (Å²) in [4.78, 5) is 8.79. The van der Waals surface area contributed by atoms with Crippen LogP contribution < -0.4 is 5.32 Å². The molecule has 1 N–H and O–H groups in total. The lowest BCUT2D eigenvalue weighted by Gasteiger charge is -2.19. The third-order valence-electron chi connectivity index (χ3n) is 3.22. The van der Waals surface area contributed by atoms with Gasteiger partial charge in [0.25, 0.3) is 0 Å². The van der Waals surface area contributed by atoms with Gasteiger partial charge >= 0.3 is 0 Å². The maximum absolute atomic E-state index is 4.48. The molecule has 0 radical (unpaired) electrons. The minimum absolute atomic E-state index is 0.348. The lowest BCUT2D eigenvalue weighted by atomic mass is 9.92. The lowest BCUT2D eigenvalue weighted by molar-refractivity contribution is 0.803. The maximum Gasteiger partial charge on any atom is 0.0744 e. The van der Waals surface area contributed by atoms with E-state index in [1.165, 1.54) is 5.57 Å². The molecule has 0 bridgehead atoms. The summed E-state index contributed by atoms with van der Waals surface area (Å²) >= 11 is 0. The van der Waals surface area contributed by atoms with E-state index in [-0.39, 0.29) is 0 Å². The van der Waals surface area contributed by atoms with E-state index in [1.807, 2.05) is 30.6 Å². The fraction of sp³-hybridized carbons (Fsp3) is 0.200. The molecule has 90 valence electrons. The first-order chi connectivity index (χ1) is 8.84. The molecule has 1 atom stereocenters. The number of rotatable bonds is 3. The van der Waals surface area contributed by atoms with Crippen LogP contribution in [0.2, 0.25) is 0 Å². The van der Waals surface area contributed by atoms with E-state index in [2.05, 4.69) is 40.4 Å². The molecular weight excluding hydrogens is 222 g/mol. The van der Waals surface area contributed by atoms with Gasteiger partial charge in [-0.05, 0) is 30.7 Å². The van der Waals surface area contributed by atoms with Crippen molar-refractivity contribution in [2.45, 2.75) is 13.5 Å². The molecule has 1 unspecified atom stereocenters. The number of aromatic nitrogens is 1. The van der Waals surface area contributed by atoms with Crippen LogP contribution in [0, 0.1) is 5.92 Å². The van der Waals surface area contributed by atoms with E-state index in [9.17, 15) is 0 Å². The van der Waals surface area contributed by atoms with Gasteiger partial charge < -0.3 is 5.32 Å². The van der Waals surface area contributed by atoms with E-state index < -0.39 is 0 Å². The summed E-state index contributed by atoms with van der Waals surface area (Å²) in [5.41, 5.74) is 4.55. The van der Waals surface area contributed by atoms with Gasteiger partial charge in [-0.2, -0.15) is 0 Å². The summed E-state index contributed by atoms with van der Waals surface area (Å²) in [5.74, 6) is 0.348. The highest BCUT2D eigenvalue weighted by Crippen LogP contribution is 2.26. The fourth-order valence-electron chi connectivity index (χ4n) is 2.21. The largest absolute Gasteiger partial charge is 0.378 e. The number of aliphatic imine (C=N–C) groups is 1. The van der Waals surface area contributed by atoms with E-state index in [0.717, 1.165) is 23.6 Å². The Hall–Kier alpha value is -2.16. The molecule has 0 spiro atoms. The summed E-state index contributed by atoms with van der Waals surface area (Å²) in [6.45, 7) is 2.85. The third kappa shape index (κ3) is 1.99. The van der Waals surface area contributed by atoms with Crippen LogP contribution in [-0.4, -0.2) is 10.7 Å². The van der Waals surface area contributed by atoms with Gasteiger partial charge in [-0.15, -0.1) is 0 Å². The number of hydrogen-bond donors (Lipinski definition) is 1. The fourth-order valence-corrected chi connectivity index (χ4v) is 2.21. The Morgan fingerprint density at radius 3 is 3.11 bits per heavy atom. The zero-order valence-electron chi connectivity index (χ0n) is 10.3. The van der Waals surface area contributed by atoms with Crippen molar-refractivity contribution in [3.63, 3.8) is 0 Å². The second-order valence-corrected chi connectivity index (χ2v) is 4.50. The molecule has 2 heterocycles. The molecular formula is C15H15N3. The monoisotopic (exact) mass is 237 g/mol. The Bertz CT molecular complexity index is 565. The number of fused-ring (bicyclic) bond motifs is 1. The van der Waals surface area contributed by atoms with Crippen LogP contribution in [0.15, 0.2) is 65.1 Å². The highest BCUT2D eigenvalue weighted by molar-refractivity contribution is 6.07. The predicted molar refractivity (Wildman–Crippen MR) is 73.0 cm³/mol. The van der Waals surface area contributed by atoms with E-state index in [0.29, 0.717) is 5.92 Å². The molecule has 0 aromatic carbocycles. The van der Waals surface area contributed by atoms with Crippen molar-refractivity contribution in [3.8, 4) is 0 Å². The van der Waals surface area contributed by atoms with Crippen LogP contribution in [0.1, 0.15) is 12.6 Å². The van der Waals surface area contributed by atoms with Gasteiger partial charge in [-0.1, -0.05) is 18.2 Å². The molecule has 0 amide bonds. The van der Waals surface area contributed by atoms with Gasteiger partial charge in [0.05, 0.1) is 23.6 Å². The molecule has 3 nitrogen and oxygen atoms in total. The number of pyridine rings is 1. The summed E-state index contributed by atoms with van der Waals surface area (Å²) in [6, 6.07) is 5.95. The van der Waals surface area contributed by atoms with Crippen LogP contribution in [0.5, 0.6) is 0 Å². The van der Waals surface area contributed by atoms with E-state index in [4.69, 9.17) is 0 Å². The van der Waals surface area contributed by atoms with Gasteiger partial charge in [-0.25, -0.2) is 0 Å². The average Bonchev–Trinajstić information content (AvgIpc) is 2.80. The van der Waals surface area contributed by atoms with Crippen LogP contribution in [0.3, 0.4) is 0 Å². The highest BCUT2D eigenvalue weighted by Gasteiger charge is 2.24. The molecule has 3 rings (SSSR count). The molecule has 1 aromatic heterocycles. The van der Waals surface area contributed by atoms with Crippen molar-refractivity contribution in [1.82, 2.24) is 10.3 Å². The molecule has 2 aliphatic rings.